The van der Waals surface area contributed by atoms with Gasteiger partial charge in [-0.05, 0) is 51.5 Å². The molecule has 2 aromatic carbocycles. The number of benzene rings is 2. The molecule has 1 fully saturated rings. The van der Waals surface area contributed by atoms with Crippen LogP contribution in [0, 0.1) is 0 Å². The van der Waals surface area contributed by atoms with E-state index in [4.69, 9.17) is 18.5 Å². The molecule has 1 saturated heterocycles. The molecule has 0 saturated carbocycles. The normalized spacial score (nSPS) is 17.6. The van der Waals surface area contributed by atoms with Crippen molar-refractivity contribution in [2.45, 2.75) is 51.9 Å². The SMILES string of the molecule is CC1(C)OB(c2cc(COc3ccccc3CC=O)cc3ccoc23)OC1(C)C. The number of rotatable bonds is 6. The van der Waals surface area contributed by atoms with E-state index in [1.165, 1.54) is 0 Å². The van der Waals surface area contributed by atoms with Crippen molar-refractivity contribution in [1.29, 1.82) is 0 Å². The highest BCUT2D eigenvalue weighted by Gasteiger charge is 2.52. The van der Waals surface area contributed by atoms with Gasteiger partial charge in [-0.25, -0.2) is 0 Å². The molecule has 4 rings (SSSR count). The molecule has 0 amide bonds. The molecular weight excluding hydrogens is 367 g/mol. The highest BCUT2D eigenvalue weighted by Crippen LogP contribution is 2.37. The van der Waals surface area contributed by atoms with Gasteiger partial charge in [-0.2, -0.15) is 0 Å². The second kappa shape index (κ2) is 7.36. The van der Waals surface area contributed by atoms with Crippen LogP contribution in [0.4, 0.5) is 0 Å². The maximum absolute atomic E-state index is 10.9. The molecular formula is C23H25BO5. The van der Waals surface area contributed by atoms with Gasteiger partial charge < -0.3 is 23.3 Å². The zero-order valence-electron chi connectivity index (χ0n) is 17.2. The largest absolute Gasteiger partial charge is 0.498 e. The van der Waals surface area contributed by atoms with E-state index in [1.807, 2.05) is 70.2 Å². The average molecular weight is 392 g/mol. The van der Waals surface area contributed by atoms with Gasteiger partial charge in [0.15, 0.2) is 0 Å². The summed E-state index contributed by atoms with van der Waals surface area (Å²) in [5.74, 6) is 0.712. The van der Waals surface area contributed by atoms with Gasteiger partial charge in [-0.1, -0.05) is 24.3 Å². The van der Waals surface area contributed by atoms with Crippen LogP contribution in [-0.2, 0) is 27.1 Å². The number of para-hydroxylation sites is 1. The molecule has 150 valence electrons. The number of furan rings is 1. The van der Waals surface area contributed by atoms with Gasteiger partial charge >= 0.3 is 7.12 Å². The molecule has 1 aliphatic rings. The van der Waals surface area contributed by atoms with E-state index in [9.17, 15) is 4.79 Å². The lowest BCUT2D eigenvalue weighted by atomic mass is 9.77. The minimum atomic E-state index is -0.518. The predicted octanol–water partition coefficient (Wildman–Crippen LogP) is 4.05. The van der Waals surface area contributed by atoms with E-state index >= 15 is 0 Å². The first-order chi connectivity index (χ1) is 13.8. The summed E-state index contributed by atoms with van der Waals surface area (Å²) in [5, 5.41) is 0.969. The molecule has 6 heteroatoms. The Bertz CT molecular complexity index is 1020. The molecule has 0 unspecified atom stereocenters. The number of ether oxygens (including phenoxy) is 1. The number of carbonyl (C=O) groups excluding carboxylic acids is 1. The summed E-state index contributed by atoms with van der Waals surface area (Å²) >= 11 is 0. The van der Waals surface area contributed by atoms with E-state index in [1.54, 1.807) is 6.26 Å². The number of hydrogen-bond acceptors (Lipinski definition) is 5. The molecule has 3 aromatic rings. The molecule has 1 aromatic heterocycles. The summed E-state index contributed by atoms with van der Waals surface area (Å²) in [6.45, 7) is 8.49. The van der Waals surface area contributed by atoms with Crippen molar-refractivity contribution in [3.8, 4) is 5.75 Å². The summed E-state index contributed by atoms with van der Waals surface area (Å²) in [6.07, 6.45) is 2.88. The van der Waals surface area contributed by atoms with Crippen molar-refractivity contribution < 1.29 is 23.3 Å². The molecule has 29 heavy (non-hydrogen) atoms. The molecule has 2 heterocycles. The van der Waals surface area contributed by atoms with Gasteiger partial charge in [0, 0.05) is 22.8 Å². The standard InChI is InChI=1S/C23H25BO5/c1-22(2)23(3,4)29-24(28-22)19-14-16(13-18-10-12-26-21(18)19)15-27-20-8-6-5-7-17(20)9-11-25/h5-8,10-14H,9,15H2,1-4H3. The fourth-order valence-electron chi connectivity index (χ4n) is 3.47. The van der Waals surface area contributed by atoms with Crippen LogP contribution >= 0.6 is 0 Å². The smallest absolute Gasteiger partial charge is 0.489 e. The lowest BCUT2D eigenvalue weighted by Gasteiger charge is -2.32. The number of aldehydes is 1. The Kier molecular flexibility index (Phi) is 5.01. The van der Waals surface area contributed by atoms with Gasteiger partial charge in [0.05, 0.1) is 17.5 Å². The summed E-state index contributed by atoms with van der Waals surface area (Å²) in [7, 11) is -0.518. The lowest BCUT2D eigenvalue weighted by molar-refractivity contribution is -0.107. The third kappa shape index (κ3) is 3.70. The van der Waals surface area contributed by atoms with E-state index in [0.29, 0.717) is 18.8 Å². The highest BCUT2D eigenvalue weighted by molar-refractivity contribution is 6.64. The summed E-state index contributed by atoms with van der Waals surface area (Å²) in [4.78, 5) is 10.9. The quantitative estimate of drug-likeness (QED) is 0.468. The Morgan fingerprint density at radius 2 is 1.76 bits per heavy atom. The molecule has 0 N–H and O–H groups in total. The Balaban J connectivity index is 1.63. The van der Waals surface area contributed by atoms with Crippen molar-refractivity contribution in [2.24, 2.45) is 0 Å². The third-order valence-electron chi connectivity index (χ3n) is 5.82. The van der Waals surface area contributed by atoms with Crippen LogP contribution in [0.2, 0.25) is 0 Å². The maximum Gasteiger partial charge on any atom is 0.498 e. The molecule has 0 atom stereocenters. The Morgan fingerprint density at radius 1 is 1.03 bits per heavy atom. The first kappa shape index (κ1) is 19.7. The molecule has 0 bridgehead atoms. The van der Waals surface area contributed by atoms with Crippen LogP contribution in [0.3, 0.4) is 0 Å². The number of carbonyl (C=O) groups is 1. The van der Waals surface area contributed by atoms with E-state index in [0.717, 1.165) is 33.8 Å². The molecule has 0 spiro atoms. The highest BCUT2D eigenvalue weighted by atomic mass is 16.7. The van der Waals surface area contributed by atoms with E-state index in [2.05, 4.69) is 0 Å². The molecule has 5 nitrogen and oxygen atoms in total. The second-order valence-corrected chi connectivity index (χ2v) is 8.38. The number of fused-ring (bicyclic) bond motifs is 1. The van der Waals surface area contributed by atoms with Crippen LogP contribution in [0.25, 0.3) is 11.0 Å². The fourth-order valence-corrected chi connectivity index (χ4v) is 3.47. The minimum Gasteiger partial charge on any atom is -0.489 e. The van der Waals surface area contributed by atoms with Crippen LogP contribution in [-0.4, -0.2) is 24.6 Å². The zero-order chi connectivity index (χ0) is 20.6. The van der Waals surface area contributed by atoms with Gasteiger partial charge in [-0.3, -0.25) is 0 Å². The Morgan fingerprint density at radius 3 is 2.48 bits per heavy atom. The topological polar surface area (TPSA) is 57.9 Å². The van der Waals surface area contributed by atoms with Crippen LogP contribution < -0.4 is 10.2 Å². The maximum atomic E-state index is 10.9. The Labute approximate surface area is 171 Å². The monoisotopic (exact) mass is 392 g/mol. The van der Waals surface area contributed by atoms with E-state index in [-0.39, 0.29) is 0 Å². The second-order valence-electron chi connectivity index (χ2n) is 8.38. The van der Waals surface area contributed by atoms with Crippen LogP contribution in [0.5, 0.6) is 5.75 Å². The van der Waals surface area contributed by atoms with Gasteiger partial charge in [0.2, 0.25) is 0 Å². The summed E-state index contributed by atoms with van der Waals surface area (Å²) in [6, 6.07) is 13.6. The molecule has 0 radical (unpaired) electrons. The first-order valence-electron chi connectivity index (χ1n) is 9.81. The fraction of sp³-hybridized carbons (Fsp3) is 0.348. The van der Waals surface area contributed by atoms with Gasteiger partial charge in [0.1, 0.15) is 24.2 Å². The predicted molar refractivity (Wildman–Crippen MR) is 112 cm³/mol. The van der Waals surface area contributed by atoms with Crippen molar-refractivity contribution in [3.63, 3.8) is 0 Å². The molecule has 1 aliphatic heterocycles. The van der Waals surface area contributed by atoms with Crippen molar-refractivity contribution in [2.75, 3.05) is 0 Å². The third-order valence-corrected chi connectivity index (χ3v) is 5.82. The Hall–Kier alpha value is -2.57. The average Bonchev–Trinajstić information content (AvgIpc) is 3.22. The zero-order valence-corrected chi connectivity index (χ0v) is 17.2. The first-order valence-corrected chi connectivity index (χ1v) is 9.81. The summed E-state index contributed by atoms with van der Waals surface area (Å²) in [5.41, 5.74) is 2.59. The molecule has 0 aliphatic carbocycles. The van der Waals surface area contributed by atoms with Crippen molar-refractivity contribution >= 4 is 29.8 Å². The minimum absolute atomic E-state index is 0.329. The van der Waals surface area contributed by atoms with Crippen LogP contribution in [0.1, 0.15) is 38.8 Å². The summed E-state index contributed by atoms with van der Waals surface area (Å²) < 4.78 is 24.2. The van der Waals surface area contributed by atoms with E-state index < -0.39 is 18.3 Å². The number of hydrogen-bond donors (Lipinski definition) is 0. The van der Waals surface area contributed by atoms with Crippen molar-refractivity contribution in [1.82, 2.24) is 0 Å². The lowest BCUT2D eigenvalue weighted by Crippen LogP contribution is -2.41. The van der Waals surface area contributed by atoms with Crippen molar-refractivity contribution in [3.05, 3.63) is 59.9 Å². The van der Waals surface area contributed by atoms with Crippen LogP contribution in [0.15, 0.2) is 53.1 Å². The van der Waals surface area contributed by atoms with Gasteiger partial charge in [-0.15, -0.1) is 0 Å². The van der Waals surface area contributed by atoms with Gasteiger partial charge in [0.25, 0.3) is 0 Å².